The molecule has 0 amide bonds. The Hall–Kier alpha value is -3.74. The zero-order chi connectivity index (χ0) is 32.4. The molecule has 0 atom stereocenters. The minimum Gasteiger partial charge on any atom is -0.475 e. The summed E-state index contributed by atoms with van der Waals surface area (Å²) in [6.07, 6.45) is -5.89. The SMILES string of the molecule is Cc1c(Br)cccc1CNc1nc(N)c([N+](=O)[O-])c(CC2CCC(N)CC2)n1.O=C(O)C(F)(F)F.O=C(O)C(F)(F)F. The molecular weight excluding hydrogens is 650 g/mol. The first-order valence-electron chi connectivity index (χ1n) is 11.9. The number of hydrogen-bond donors (Lipinski definition) is 5. The molecule has 0 saturated heterocycles. The van der Waals surface area contributed by atoms with E-state index < -0.39 is 29.2 Å². The number of carboxylic acid groups (broad SMARTS) is 2. The fraction of sp³-hybridized carbons (Fsp3) is 0.478. The average Bonchev–Trinajstić information content (AvgIpc) is 2.85. The molecule has 234 valence electrons. The molecule has 0 spiro atoms. The molecule has 1 aliphatic carbocycles. The van der Waals surface area contributed by atoms with Gasteiger partial charge in [-0.2, -0.15) is 31.3 Å². The van der Waals surface area contributed by atoms with Gasteiger partial charge in [-0.1, -0.05) is 28.1 Å². The van der Waals surface area contributed by atoms with Gasteiger partial charge in [-0.15, -0.1) is 0 Å². The van der Waals surface area contributed by atoms with Gasteiger partial charge in [0.05, 0.1) is 4.92 Å². The van der Waals surface area contributed by atoms with Crippen LogP contribution in [-0.2, 0) is 22.6 Å². The highest BCUT2D eigenvalue weighted by atomic mass is 79.9. The Balaban J connectivity index is 0.000000522. The molecule has 1 aromatic carbocycles. The van der Waals surface area contributed by atoms with Gasteiger partial charge in [-0.3, -0.25) is 10.1 Å². The molecule has 2 aromatic rings. The number of alkyl halides is 6. The molecular formula is C23H27BrF6N6O6. The number of nitrogen functional groups attached to an aromatic ring is 1. The van der Waals surface area contributed by atoms with E-state index in [1.165, 1.54) is 0 Å². The zero-order valence-electron chi connectivity index (χ0n) is 21.8. The topological polar surface area (TPSA) is 208 Å². The second kappa shape index (κ2) is 15.5. The average molecular weight is 677 g/mol. The van der Waals surface area contributed by atoms with Crippen LogP contribution < -0.4 is 16.8 Å². The van der Waals surface area contributed by atoms with Gasteiger partial charge in [0.25, 0.3) is 0 Å². The molecule has 1 aliphatic rings. The first-order valence-corrected chi connectivity index (χ1v) is 12.7. The van der Waals surface area contributed by atoms with Crippen molar-refractivity contribution in [1.82, 2.24) is 9.97 Å². The first-order chi connectivity index (χ1) is 19.2. The smallest absolute Gasteiger partial charge is 0.475 e. The summed E-state index contributed by atoms with van der Waals surface area (Å²) in [5, 5.41) is 28.9. The lowest BCUT2D eigenvalue weighted by atomic mass is 9.83. The van der Waals surface area contributed by atoms with E-state index in [-0.39, 0.29) is 17.5 Å². The van der Waals surface area contributed by atoms with E-state index in [1.54, 1.807) is 0 Å². The molecule has 3 rings (SSSR count). The predicted molar refractivity (Wildman–Crippen MR) is 140 cm³/mol. The number of aliphatic carboxylic acids is 2. The van der Waals surface area contributed by atoms with Crippen molar-refractivity contribution in [2.24, 2.45) is 11.7 Å². The lowest BCUT2D eigenvalue weighted by Gasteiger charge is -2.25. The van der Waals surface area contributed by atoms with Crippen LogP contribution in [0.3, 0.4) is 0 Å². The normalized spacial score (nSPS) is 16.7. The van der Waals surface area contributed by atoms with E-state index in [0.29, 0.717) is 30.5 Å². The third-order valence-electron chi connectivity index (χ3n) is 5.84. The number of anilines is 2. The van der Waals surface area contributed by atoms with Gasteiger partial charge >= 0.3 is 30.0 Å². The van der Waals surface area contributed by atoms with Crippen molar-refractivity contribution in [1.29, 1.82) is 0 Å². The molecule has 0 unspecified atom stereocenters. The summed E-state index contributed by atoms with van der Waals surface area (Å²) in [5.74, 6) is -4.98. The van der Waals surface area contributed by atoms with Crippen LogP contribution in [0.1, 0.15) is 42.5 Å². The van der Waals surface area contributed by atoms with Crippen molar-refractivity contribution in [3.8, 4) is 0 Å². The standard InChI is InChI=1S/C19H25BrN6O2.2C2HF3O2/c1-11-13(3-2-4-15(11)20)10-23-19-24-16(17(26(27)28)18(22)25-19)9-12-5-7-14(21)8-6-12;2*3-2(4,5)1(6)7/h2-4,12,14H,5-10,21H2,1H3,(H3,22,23,24,25);2*(H,6,7). The van der Waals surface area contributed by atoms with Crippen molar-refractivity contribution in [2.75, 3.05) is 11.1 Å². The quantitative estimate of drug-likeness (QED) is 0.157. The Morgan fingerprint density at radius 2 is 1.57 bits per heavy atom. The molecule has 1 fully saturated rings. The summed E-state index contributed by atoms with van der Waals surface area (Å²) in [5.41, 5.74) is 14.3. The molecule has 1 aromatic heterocycles. The van der Waals surface area contributed by atoms with E-state index in [2.05, 4.69) is 31.2 Å². The maximum absolute atomic E-state index is 11.5. The lowest BCUT2D eigenvalue weighted by Crippen LogP contribution is -2.27. The third-order valence-corrected chi connectivity index (χ3v) is 6.70. The van der Waals surface area contributed by atoms with E-state index >= 15 is 0 Å². The third kappa shape index (κ3) is 12.0. The maximum atomic E-state index is 11.5. The number of nitro groups is 1. The highest BCUT2D eigenvalue weighted by molar-refractivity contribution is 9.10. The molecule has 7 N–H and O–H groups in total. The fourth-order valence-corrected chi connectivity index (χ4v) is 4.03. The van der Waals surface area contributed by atoms with Gasteiger partial charge in [0.1, 0.15) is 5.69 Å². The Morgan fingerprint density at radius 1 is 1.07 bits per heavy atom. The summed E-state index contributed by atoms with van der Waals surface area (Å²) in [7, 11) is 0. The fourth-order valence-electron chi connectivity index (χ4n) is 3.62. The number of hydrogen-bond acceptors (Lipinski definition) is 9. The molecule has 1 saturated carbocycles. The number of benzene rings is 1. The minimum atomic E-state index is -5.08. The maximum Gasteiger partial charge on any atom is 0.490 e. The van der Waals surface area contributed by atoms with E-state index in [0.717, 1.165) is 41.3 Å². The Bertz CT molecular complexity index is 1230. The van der Waals surface area contributed by atoms with Crippen LogP contribution in [0.2, 0.25) is 0 Å². The van der Waals surface area contributed by atoms with E-state index in [9.17, 15) is 36.5 Å². The van der Waals surface area contributed by atoms with Crippen molar-refractivity contribution in [3.63, 3.8) is 0 Å². The summed E-state index contributed by atoms with van der Waals surface area (Å²) in [4.78, 5) is 37.4. The van der Waals surface area contributed by atoms with Crippen molar-refractivity contribution in [3.05, 3.63) is 49.6 Å². The van der Waals surface area contributed by atoms with Crippen LogP contribution in [0.5, 0.6) is 0 Å². The van der Waals surface area contributed by atoms with Crippen LogP contribution in [0.15, 0.2) is 22.7 Å². The van der Waals surface area contributed by atoms with Gasteiger partial charge in [0.2, 0.25) is 11.8 Å². The van der Waals surface area contributed by atoms with Crippen LogP contribution in [0.4, 0.5) is 43.8 Å². The highest BCUT2D eigenvalue weighted by Crippen LogP contribution is 2.32. The second-order valence-electron chi connectivity index (χ2n) is 8.95. The van der Waals surface area contributed by atoms with E-state index in [4.69, 9.17) is 31.3 Å². The first kappa shape index (κ1) is 36.3. The number of carbonyl (C=O) groups is 2. The number of halogens is 7. The summed E-state index contributed by atoms with van der Waals surface area (Å²) >= 11 is 3.52. The van der Waals surface area contributed by atoms with Crippen molar-refractivity contribution in [2.45, 2.75) is 64.0 Å². The monoisotopic (exact) mass is 676 g/mol. The van der Waals surface area contributed by atoms with Gasteiger partial charge in [0.15, 0.2) is 0 Å². The van der Waals surface area contributed by atoms with Gasteiger partial charge in [-0.05, 0) is 62.1 Å². The molecule has 0 radical (unpaired) electrons. The molecule has 19 heteroatoms. The largest absolute Gasteiger partial charge is 0.490 e. The predicted octanol–water partition coefficient (Wildman–Crippen LogP) is 4.98. The molecule has 0 aliphatic heterocycles. The van der Waals surface area contributed by atoms with Gasteiger partial charge in [-0.25, -0.2) is 14.6 Å². The minimum absolute atomic E-state index is 0.101. The molecule has 1 heterocycles. The molecule has 42 heavy (non-hydrogen) atoms. The van der Waals surface area contributed by atoms with Crippen molar-refractivity contribution >= 4 is 45.3 Å². The number of nitrogens with one attached hydrogen (secondary N) is 1. The Labute approximate surface area is 242 Å². The van der Waals surface area contributed by atoms with Crippen LogP contribution in [-0.4, -0.2) is 55.4 Å². The number of aromatic nitrogens is 2. The zero-order valence-corrected chi connectivity index (χ0v) is 23.4. The van der Waals surface area contributed by atoms with Crippen LogP contribution in [0.25, 0.3) is 0 Å². The summed E-state index contributed by atoms with van der Waals surface area (Å²) in [6, 6.07) is 6.17. The lowest BCUT2D eigenvalue weighted by molar-refractivity contribution is -0.385. The van der Waals surface area contributed by atoms with Crippen molar-refractivity contribution < 1.29 is 51.1 Å². The molecule has 12 nitrogen and oxygen atoms in total. The summed E-state index contributed by atoms with van der Waals surface area (Å²) < 4.78 is 64.5. The number of carboxylic acids is 2. The number of nitrogens with two attached hydrogens (primary N) is 2. The highest BCUT2D eigenvalue weighted by Gasteiger charge is 2.39. The molecule has 0 bridgehead atoms. The second-order valence-corrected chi connectivity index (χ2v) is 9.81. The van der Waals surface area contributed by atoms with Crippen LogP contribution in [0, 0.1) is 23.0 Å². The number of rotatable bonds is 6. The van der Waals surface area contributed by atoms with E-state index in [1.807, 2.05) is 25.1 Å². The number of nitrogens with zero attached hydrogens (tertiary/aromatic N) is 3. The Kier molecular flexibility index (Phi) is 13.4. The Morgan fingerprint density at radius 3 is 2.02 bits per heavy atom. The summed E-state index contributed by atoms with van der Waals surface area (Å²) in [6.45, 7) is 2.52. The van der Waals surface area contributed by atoms with Gasteiger partial charge < -0.3 is 27.0 Å². The van der Waals surface area contributed by atoms with Crippen LogP contribution >= 0.6 is 15.9 Å². The van der Waals surface area contributed by atoms with Gasteiger partial charge in [0, 0.05) is 17.1 Å².